The highest BCUT2D eigenvalue weighted by molar-refractivity contribution is 5.93. The van der Waals surface area contributed by atoms with Crippen LogP contribution < -0.4 is 0 Å². The molecule has 2 rings (SSSR count). The molecule has 71 valence electrons. The van der Waals surface area contributed by atoms with Crippen LogP contribution in [0.5, 0.6) is 0 Å². The van der Waals surface area contributed by atoms with Crippen molar-refractivity contribution in [2.45, 2.75) is 0 Å². The molecule has 0 amide bonds. The monoisotopic (exact) mass is 192 g/mol. The maximum Gasteiger partial charge on any atom is 0.338 e. The Labute approximate surface area is 79.4 Å². The van der Waals surface area contributed by atoms with Gasteiger partial charge in [-0.15, -0.1) is 0 Å². The SMILES string of the molecule is O=C1OC[CH]c2cc([N+](=O)[O-])ccc21. The Morgan fingerprint density at radius 2 is 2.21 bits per heavy atom. The van der Waals surface area contributed by atoms with Gasteiger partial charge in [0.1, 0.15) is 0 Å². The highest BCUT2D eigenvalue weighted by Crippen LogP contribution is 2.23. The number of nitro benzene ring substituents is 1. The van der Waals surface area contributed by atoms with Crippen LogP contribution in [0.3, 0.4) is 0 Å². The zero-order chi connectivity index (χ0) is 10.1. The van der Waals surface area contributed by atoms with Crippen molar-refractivity contribution in [2.75, 3.05) is 6.61 Å². The molecule has 0 N–H and O–H groups in total. The van der Waals surface area contributed by atoms with Crippen molar-refractivity contribution in [2.24, 2.45) is 0 Å². The number of nitro groups is 1. The highest BCUT2D eigenvalue weighted by Gasteiger charge is 2.20. The molecule has 0 aliphatic carbocycles. The van der Waals surface area contributed by atoms with Crippen LogP contribution in [-0.2, 0) is 4.74 Å². The van der Waals surface area contributed by atoms with Crippen molar-refractivity contribution in [3.05, 3.63) is 45.9 Å². The summed E-state index contributed by atoms with van der Waals surface area (Å²) in [6, 6.07) is 4.07. The van der Waals surface area contributed by atoms with Crippen molar-refractivity contribution in [3.8, 4) is 0 Å². The van der Waals surface area contributed by atoms with E-state index < -0.39 is 10.9 Å². The zero-order valence-corrected chi connectivity index (χ0v) is 7.10. The fraction of sp³-hybridized carbons (Fsp3) is 0.111. The Hall–Kier alpha value is -1.91. The summed E-state index contributed by atoms with van der Waals surface area (Å²) in [6.07, 6.45) is 1.64. The van der Waals surface area contributed by atoms with Crippen LogP contribution in [0.15, 0.2) is 18.2 Å². The summed E-state index contributed by atoms with van der Waals surface area (Å²) < 4.78 is 4.74. The quantitative estimate of drug-likeness (QED) is 0.382. The van der Waals surface area contributed by atoms with Crippen molar-refractivity contribution in [1.82, 2.24) is 0 Å². The predicted molar refractivity (Wildman–Crippen MR) is 46.8 cm³/mol. The van der Waals surface area contributed by atoms with Crippen LogP contribution in [0.4, 0.5) is 5.69 Å². The van der Waals surface area contributed by atoms with Gasteiger partial charge in [0.05, 0.1) is 17.1 Å². The molecule has 1 aliphatic rings. The van der Waals surface area contributed by atoms with E-state index in [1.165, 1.54) is 18.2 Å². The normalized spacial score (nSPS) is 14.4. The van der Waals surface area contributed by atoms with E-state index in [0.717, 1.165) is 0 Å². The third-order valence-corrected chi connectivity index (χ3v) is 1.98. The molecule has 5 heteroatoms. The molecule has 0 spiro atoms. The Kier molecular flexibility index (Phi) is 1.92. The molecule has 0 bridgehead atoms. The lowest BCUT2D eigenvalue weighted by molar-refractivity contribution is -0.384. The number of fused-ring (bicyclic) bond motifs is 1. The summed E-state index contributed by atoms with van der Waals surface area (Å²) in [6.45, 7) is 0.174. The van der Waals surface area contributed by atoms with Crippen LogP contribution >= 0.6 is 0 Å². The highest BCUT2D eigenvalue weighted by atomic mass is 16.6. The van der Waals surface area contributed by atoms with Crippen LogP contribution in [0.2, 0.25) is 0 Å². The molecule has 0 saturated carbocycles. The van der Waals surface area contributed by atoms with E-state index in [-0.39, 0.29) is 12.3 Å². The topological polar surface area (TPSA) is 69.4 Å². The molecule has 0 unspecified atom stereocenters. The number of nitrogens with zero attached hydrogens (tertiary/aromatic N) is 1. The van der Waals surface area contributed by atoms with E-state index in [2.05, 4.69) is 0 Å². The van der Waals surface area contributed by atoms with Crippen molar-refractivity contribution in [1.29, 1.82) is 0 Å². The fourth-order valence-electron chi connectivity index (χ4n) is 1.30. The number of hydrogen-bond acceptors (Lipinski definition) is 4. The van der Waals surface area contributed by atoms with Gasteiger partial charge in [-0.05, 0) is 11.6 Å². The summed E-state index contributed by atoms with van der Waals surface area (Å²) >= 11 is 0. The summed E-state index contributed by atoms with van der Waals surface area (Å²) in [7, 11) is 0. The predicted octanol–water partition coefficient (Wildman–Crippen LogP) is 1.32. The largest absolute Gasteiger partial charge is 0.461 e. The van der Waals surface area contributed by atoms with Gasteiger partial charge in [-0.25, -0.2) is 4.79 Å². The first-order valence-electron chi connectivity index (χ1n) is 3.97. The van der Waals surface area contributed by atoms with Crippen LogP contribution in [-0.4, -0.2) is 17.5 Å². The molecule has 5 nitrogen and oxygen atoms in total. The number of hydrogen-bond donors (Lipinski definition) is 0. The molecule has 1 aromatic carbocycles. The van der Waals surface area contributed by atoms with Gasteiger partial charge in [-0.1, -0.05) is 0 Å². The third kappa shape index (κ3) is 1.32. The first-order chi connectivity index (χ1) is 6.68. The molecule has 0 saturated heterocycles. The van der Waals surface area contributed by atoms with E-state index in [1.54, 1.807) is 6.42 Å². The average molecular weight is 192 g/mol. The lowest BCUT2D eigenvalue weighted by Crippen LogP contribution is -2.16. The molecule has 0 fully saturated rings. The summed E-state index contributed by atoms with van der Waals surface area (Å²) in [5, 5.41) is 10.4. The minimum absolute atomic E-state index is 0.0188. The van der Waals surface area contributed by atoms with Gasteiger partial charge in [0.15, 0.2) is 0 Å². The van der Waals surface area contributed by atoms with Crippen LogP contribution in [0.25, 0.3) is 0 Å². The van der Waals surface area contributed by atoms with E-state index >= 15 is 0 Å². The summed E-state index contributed by atoms with van der Waals surface area (Å²) in [5.41, 5.74) is 0.923. The van der Waals surface area contributed by atoms with E-state index in [9.17, 15) is 14.9 Å². The number of non-ortho nitro benzene ring substituents is 1. The van der Waals surface area contributed by atoms with Gasteiger partial charge in [-0.2, -0.15) is 0 Å². The van der Waals surface area contributed by atoms with Gasteiger partial charge >= 0.3 is 5.97 Å². The van der Waals surface area contributed by atoms with Crippen LogP contribution in [0, 0.1) is 16.5 Å². The third-order valence-electron chi connectivity index (χ3n) is 1.98. The number of carbonyl (C=O) groups excluding carboxylic acids is 1. The molecule has 1 aliphatic heterocycles. The number of esters is 1. The maximum absolute atomic E-state index is 11.2. The van der Waals surface area contributed by atoms with Crippen molar-refractivity contribution in [3.63, 3.8) is 0 Å². The van der Waals surface area contributed by atoms with E-state index in [1.807, 2.05) is 0 Å². The zero-order valence-electron chi connectivity index (χ0n) is 7.10. The standard InChI is InChI=1S/C9H6NO4/c11-9-8-2-1-7(10(12)13)5-6(8)3-4-14-9/h1-3,5H,4H2. The molecular formula is C9H6NO4. The number of carbonyl (C=O) groups is 1. The molecule has 0 aromatic heterocycles. The van der Waals surface area contributed by atoms with Gasteiger partial charge in [0, 0.05) is 18.6 Å². The molecule has 1 radical (unpaired) electrons. The molecule has 1 heterocycles. The average Bonchev–Trinajstić information content (AvgIpc) is 2.17. The smallest absolute Gasteiger partial charge is 0.338 e. The van der Waals surface area contributed by atoms with Crippen molar-refractivity contribution < 1.29 is 14.5 Å². The first-order valence-corrected chi connectivity index (χ1v) is 3.97. The second kappa shape index (κ2) is 3.10. The van der Waals surface area contributed by atoms with Gasteiger partial charge in [0.25, 0.3) is 5.69 Å². The van der Waals surface area contributed by atoms with E-state index in [4.69, 9.17) is 4.74 Å². The van der Waals surface area contributed by atoms with Gasteiger partial charge in [0.2, 0.25) is 0 Å². The Bertz CT molecular complexity index is 413. The number of rotatable bonds is 1. The number of cyclic esters (lactones) is 1. The minimum Gasteiger partial charge on any atom is -0.461 e. The second-order valence-corrected chi connectivity index (χ2v) is 2.83. The Balaban J connectivity index is 2.49. The lowest BCUT2D eigenvalue weighted by Gasteiger charge is -2.14. The van der Waals surface area contributed by atoms with Crippen LogP contribution in [0.1, 0.15) is 15.9 Å². The lowest BCUT2D eigenvalue weighted by atomic mass is 10.0. The number of ether oxygens (including phenoxy) is 1. The first kappa shape index (κ1) is 8.68. The van der Waals surface area contributed by atoms with Crippen molar-refractivity contribution >= 4 is 11.7 Å². The second-order valence-electron chi connectivity index (χ2n) is 2.83. The van der Waals surface area contributed by atoms with Gasteiger partial charge in [-0.3, -0.25) is 10.1 Å². The molecule has 14 heavy (non-hydrogen) atoms. The fourth-order valence-corrected chi connectivity index (χ4v) is 1.30. The molecular weight excluding hydrogens is 186 g/mol. The summed E-state index contributed by atoms with van der Waals surface area (Å²) in [4.78, 5) is 21.1. The summed E-state index contributed by atoms with van der Waals surface area (Å²) in [5.74, 6) is -0.433. The maximum atomic E-state index is 11.2. The minimum atomic E-state index is -0.492. The van der Waals surface area contributed by atoms with E-state index in [0.29, 0.717) is 11.1 Å². The Morgan fingerprint density at radius 3 is 2.93 bits per heavy atom. The Morgan fingerprint density at radius 1 is 1.43 bits per heavy atom. The molecule has 1 aromatic rings. The van der Waals surface area contributed by atoms with Gasteiger partial charge < -0.3 is 4.74 Å². The number of benzene rings is 1. The molecule has 0 atom stereocenters.